The van der Waals surface area contributed by atoms with E-state index in [0.29, 0.717) is 10.6 Å². The molecule has 0 aliphatic carbocycles. The van der Waals surface area contributed by atoms with Crippen LogP contribution in [0.15, 0.2) is 36.7 Å². The van der Waals surface area contributed by atoms with Crippen molar-refractivity contribution >= 4 is 17.5 Å². The zero-order chi connectivity index (χ0) is 13.1. The SMILES string of the molecule is CC(C)NC(=O)c1cnn(-c2ccc(Cl)cc2)c1. The fraction of sp³-hybridized carbons (Fsp3) is 0.231. The Balaban J connectivity index is 2.20. The largest absolute Gasteiger partial charge is 0.350 e. The van der Waals surface area contributed by atoms with Crippen molar-refractivity contribution in [3.05, 3.63) is 47.2 Å². The van der Waals surface area contributed by atoms with E-state index in [1.165, 1.54) is 0 Å². The van der Waals surface area contributed by atoms with Crippen LogP contribution in [0.1, 0.15) is 24.2 Å². The molecule has 0 unspecified atom stereocenters. The van der Waals surface area contributed by atoms with Gasteiger partial charge >= 0.3 is 0 Å². The van der Waals surface area contributed by atoms with E-state index in [0.717, 1.165) is 5.69 Å². The van der Waals surface area contributed by atoms with Crippen molar-refractivity contribution < 1.29 is 4.79 Å². The fourth-order valence-electron chi connectivity index (χ4n) is 1.52. The quantitative estimate of drug-likeness (QED) is 0.925. The number of amides is 1. The second-order valence-corrected chi connectivity index (χ2v) is 4.71. The third-order valence-electron chi connectivity index (χ3n) is 2.36. The van der Waals surface area contributed by atoms with Gasteiger partial charge in [-0.2, -0.15) is 5.10 Å². The third-order valence-corrected chi connectivity index (χ3v) is 2.61. The molecule has 1 aromatic carbocycles. The van der Waals surface area contributed by atoms with E-state index in [1.54, 1.807) is 29.2 Å². The minimum atomic E-state index is -0.120. The van der Waals surface area contributed by atoms with Crippen molar-refractivity contribution in [1.82, 2.24) is 15.1 Å². The summed E-state index contributed by atoms with van der Waals surface area (Å²) in [5.74, 6) is -0.120. The molecule has 0 saturated heterocycles. The summed E-state index contributed by atoms with van der Waals surface area (Å²) in [6.07, 6.45) is 3.24. The van der Waals surface area contributed by atoms with Gasteiger partial charge in [0.1, 0.15) is 0 Å². The second-order valence-electron chi connectivity index (χ2n) is 4.28. The molecule has 5 heteroatoms. The Morgan fingerprint density at radius 3 is 2.61 bits per heavy atom. The molecular weight excluding hydrogens is 250 g/mol. The molecule has 1 aromatic heterocycles. The zero-order valence-electron chi connectivity index (χ0n) is 10.2. The van der Waals surface area contributed by atoms with Gasteiger partial charge in [0.2, 0.25) is 0 Å². The van der Waals surface area contributed by atoms with Crippen LogP contribution in [-0.4, -0.2) is 21.7 Å². The number of benzene rings is 1. The van der Waals surface area contributed by atoms with Crippen molar-refractivity contribution in [3.63, 3.8) is 0 Å². The Hall–Kier alpha value is -1.81. The molecule has 0 aliphatic rings. The molecule has 1 amide bonds. The second kappa shape index (κ2) is 5.23. The number of rotatable bonds is 3. The lowest BCUT2D eigenvalue weighted by Gasteiger charge is -2.05. The number of nitrogens with one attached hydrogen (secondary N) is 1. The van der Waals surface area contributed by atoms with Crippen molar-refractivity contribution in [3.8, 4) is 5.69 Å². The summed E-state index contributed by atoms with van der Waals surface area (Å²) in [6.45, 7) is 3.84. The first-order chi connectivity index (χ1) is 8.56. The number of aromatic nitrogens is 2. The molecule has 0 saturated carbocycles. The molecule has 18 heavy (non-hydrogen) atoms. The van der Waals surface area contributed by atoms with Gasteiger partial charge in [-0.1, -0.05) is 11.6 Å². The topological polar surface area (TPSA) is 46.9 Å². The lowest BCUT2D eigenvalue weighted by Crippen LogP contribution is -2.29. The number of nitrogens with zero attached hydrogens (tertiary/aromatic N) is 2. The van der Waals surface area contributed by atoms with Gasteiger partial charge in [0.05, 0.1) is 17.4 Å². The smallest absolute Gasteiger partial charge is 0.254 e. The Morgan fingerprint density at radius 2 is 2.00 bits per heavy atom. The van der Waals surface area contributed by atoms with Gasteiger partial charge < -0.3 is 5.32 Å². The van der Waals surface area contributed by atoms with Crippen LogP contribution in [0, 0.1) is 0 Å². The van der Waals surface area contributed by atoms with Crippen LogP contribution in [0.25, 0.3) is 5.69 Å². The summed E-state index contributed by atoms with van der Waals surface area (Å²) < 4.78 is 1.64. The highest BCUT2D eigenvalue weighted by Crippen LogP contribution is 2.13. The first kappa shape index (κ1) is 12.6. The van der Waals surface area contributed by atoms with Crippen molar-refractivity contribution in [2.75, 3.05) is 0 Å². The molecule has 4 nitrogen and oxygen atoms in total. The molecule has 94 valence electrons. The Labute approximate surface area is 111 Å². The van der Waals surface area contributed by atoms with Gasteiger partial charge in [0.15, 0.2) is 0 Å². The average Bonchev–Trinajstić information content (AvgIpc) is 2.78. The molecule has 0 aliphatic heterocycles. The summed E-state index contributed by atoms with van der Waals surface area (Å²) in [5.41, 5.74) is 1.40. The van der Waals surface area contributed by atoms with Gasteiger partial charge in [-0.05, 0) is 38.1 Å². The van der Waals surface area contributed by atoms with Gasteiger partial charge in [-0.3, -0.25) is 4.79 Å². The van der Waals surface area contributed by atoms with Gasteiger partial charge in [-0.15, -0.1) is 0 Å². The Morgan fingerprint density at radius 1 is 1.33 bits per heavy atom. The summed E-state index contributed by atoms with van der Waals surface area (Å²) >= 11 is 5.82. The molecule has 1 N–H and O–H groups in total. The van der Waals surface area contributed by atoms with Crippen LogP contribution in [-0.2, 0) is 0 Å². The molecule has 2 rings (SSSR count). The van der Waals surface area contributed by atoms with E-state index in [9.17, 15) is 4.79 Å². The lowest BCUT2D eigenvalue weighted by molar-refractivity contribution is 0.0943. The third kappa shape index (κ3) is 2.90. The van der Waals surface area contributed by atoms with Crippen molar-refractivity contribution in [2.24, 2.45) is 0 Å². The van der Waals surface area contributed by atoms with Crippen LogP contribution < -0.4 is 5.32 Å². The number of carbonyl (C=O) groups excluding carboxylic acids is 1. The molecule has 0 radical (unpaired) electrons. The molecule has 0 fully saturated rings. The predicted molar refractivity (Wildman–Crippen MR) is 71.2 cm³/mol. The molecule has 2 aromatic rings. The monoisotopic (exact) mass is 263 g/mol. The number of halogens is 1. The van der Waals surface area contributed by atoms with Crippen LogP contribution in [0.5, 0.6) is 0 Å². The van der Waals surface area contributed by atoms with E-state index < -0.39 is 0 Å². The fourth-order valence-corrected chi connectivity index (χ4v) is 1.65. The highest BCUT2D eigenvalue weighted by atomic mass is 35.5. The minimum absolute atomic E-state index is 0.108. The maximum absolute atomic E-state index is 11.8. The minimum Gasteiger partial charge on any atom is -0.350 e. The van der Waals surface area contributed by atoms with E-state index in [1.807, 2.05) is 26.0 Å². The summed E-state index contributed by atoms with van der Waals surface area (Å²) in [6, 6.07) is 7.37. The Bertz CT molecular complexity index is 546. The molecule has 0 spiro atoms. The first-order valence-corrected chi connectivity index (χ1v) is 6.05. The lowest BCUT2D eigenvalue weighted by atomic mass is 10.3. The van der Waals surface area contributed by atoms with Gasteiger partial charge in [0, 0.05) is 17.3 Å². The van der Waals surface area contributed by atoms with Crippen LogP contribution in [0.2, 0.25) is 5.02 Å². The number of hydrogen-bond acceptors (Lipinski definition) is 2. The maximum atomic E-state index is 11.8. The molecule has 0 bridgehead atoms. The van der Waals surface area contributed by atoms with Crippen molar-refractivity contribution in [1.29, 1.82) is 0 Å². The average molecular weight is 264 g/mol. The predicted octanol–water partition coefficient (Wildman–Crippen LogP) is 2.66. The maximum Gasteiger partial charge on any atom is 0.254 e. The number of carbonyl (C=O) groups is 1. The van der Waals surface area contributed by atoms with Crippen LogP contribution in [0.3, 0.4) is 0 Å². The zero-order valence-corrected chi connectivity index (χ0v) is 11.0. The van der Waals surface area contributed by atoms with E-state index in [-0.39, 0.29) is 11.9 Å². The standard InChI is InChI=1S/C13H14ClN3O/c1-9(2)16-13(18)10-7-15-17(8-10)12-5-3-11(14)4-6-12/h3-9H,1-2H3,(H,16,18). The highest BCUT2D eigenvalue weighted by molar-refractivity contribution is 6.30. The molecular formula is C13H14ClN3O. The summed E-state index contributed by atoms with van der Waals surface area (Å²) in [5, 5.41) is 7.65. The van der Waals surface area contributed by atoms with Gasteiger partial charge in [0.25, 0.3) is 5.91 Å². The van der Waals surface area contributed by atoms with Crippen molar-refractivity contribution in [2.45, 2.75) is 19.9 Å². The van der Waals surface area contributed by atoms with Gasteiger partial charge in [-0.25, -0.2) is 4.68 Å². The summed E-state index contributed by atoms with van der Waals surface area (Å²) in [7, 11) is 0. The Kier molecular flexibility index (Phi) is 3.67. The highest BCUT2D eigenvalue weighted by Gasteiger charge is 2.10. The van der Waals surface area contributed by atoms with Crippen LogP contribution >= 0.6 is 11.6 Å². The normalized spacial score (nSPS) is 10.7. The van der Waals surface area contributed by atoms with E-state index in [4.69, 9.17) is 11.6 Å². The van der Waals surface area contributed by atoms with Crippen LogP contribution in [0.4, 0.5) is 0 Å². The van der Waals surface area contributed by atoms with E-state index >= 15 is 0 Å². The summed E-state index contributed by atoms with van der Waals surface area (Å²) in [4.78, 5) is 11.8. The molecule has 1 heterocycles. The van der Waals surface area contributed by atoms with E-state index in [2.05, 4.69) is 10.4 Å². The molecule has 0 atom stereocenters. The number of hydrogen-bond donors (Lipinski definition) is 1. The first-order valence-electron chi connectivity index (χ1n) is 5.68.